The van der Waals surface area contributed by atoms with E-state index in [-0.39, 0.29) is 0 Å². The van der Waals surface area contributed by atoms with Crippen molar-refractivity contribution in [1.82, 2.24) is 0 Å². The number of rotatable bonds is 3. The molecule has 1 rings (SSSR count). The number of aliphatic carboxylic acids is 1. The van der Waals surface area contributed by atoms with Gasteiger partial charge in [-0.05, 0) is 12.8 Å². The predicted molar refractivity (Wildman–Crippen MR) is 53.1 cm³/mol. The Morgan fingerprint density at radius 2 is 2.31 bits per heavy atom. The van der Waals surface area contributed by atoms with Gasteiger partial charge in [-0.15, -0.1) is 11.8 Å². The van der Waals surface area contributed by atoms with E-state index in [4.69, 9.17) is 9.84 Å². The van der Waals surface area contributed by atoms with Crippen molar-refractivity contribution in [1.29, 1.82) is 0 Å². The number of hydrogen-bond acceptors (Lipinski definition) is 3. The summed E-state index contributed by atoms with van der Waals surface area (Å²) >= 11 is 1.51. The molecular formula is C9H16O3S. The van der Waals surface area contributed by atoms with E-state index in [0.29, 0.717) is 18.5 Å². The maximum Gasteiger partial charge on any atom is 0.322 e. The molecule has 0 spiro atoms. The van der Waals surface area contributed by atoms with Gasteiger partial charge in [-0.1, -0.05) is 13.8 Å². The fraction of sp³-hybridized carbons (Fsp3) is 0.889. The zero-order chi connectivity index (χ0) is 9.90. The summed E-state index contributed by atoms with van der Waals surface area (Å²) in [4.78, 5) is 11.1. The molecule has 1 fully saturated rings. The van der Waals surface area contributed by atoms with Crippen LogP contribution in [0.4, 0.5) is 0 Å². The van der Waals surface area contributed by atoms with Gasteiger partial charge in [-0.25, -0.2) is 0 Å². The van der Waals surface area contributed by atoms with E-state index in [0.717, 1.165) is 12.8 Å². The zero-order valence-corrected chi connectivity index (χ0v) is 8.89. The number of carboxylic acid groups (broad SMARTS) is 1. The van der Waals surface area contributed by atoms with E-state index < -0.39 is 10.7 Å². The molecule has 0 aromatic rings. The van der Waals surface area contributed by atoms with Crippen molar-refractivity contribution >= 4 is 17.7 Å². The molecule has 4 heteroatoms. The van der Waals surface area contributed by atoms with Crippen LogP contribution in [0.1, 0.15) is 26.7 Å². The molecule has 0 radical (unpaired) electrons. The highest BCUT2D eigenvalue weighted by molar-refractivity contribution is 8.02. The molecule has 1 atom stereocenters. The number of carboxylic acids is 1. The van der Waals surface area contributed by atoms with Crippen molar-refractivity contribution in [2.75, 3.05) is 13.2 Å². The summed E-state index contributed by atoms with van der Waals surface area (Å²) in [5.74, 6) is -0.731. The third-order valence-electron chi connectivity index (χ3n) is 2.06. The molecule has 13 heavy (non-hydrogen) atoms. The van der Waals surface area contributed by atoms with Crippen LogP contribution in [0.5, 0.6) is 0 Å². The Bertz CT molecular complexity index is 185. The van der Waals surface area contributed by atoms with E-state index >= 15 is 0 Å². The van der Waals surface area contributed by atoms with E-state index in [2.05, 4.69) is 0 Å². The Labute approximate surface area is 82.8 Å². The number of thioether (sulfide) groups is 1. The van der Waals surface area contributed by atoms with E-state index in [1.54, 1.807) is 0 Å². The quantitative estimate of drug-likeness (QED) is 0.761. The summed E-state index contributed by atoms with van der Waals surface area (Å²) in [6.07, 6.45) is 1.58. The van der Waals surface area contributed by atoms with Crippen LogP contribution in [-0.2, 0) is 9.53 Å². The number of ether oxygens (including phenoxy) is 1. The molecule has 1 unspecified atom stereocenters. The van der Waals surface area contributed by atoms with Crippen LogP contribution in [0, 0.1) is 0 Å². The lowest BCUT2D eigenvalue weighted by Gasteiger charge is -2.33. The van der Waals surface area contributed by atoms with E-state index in [1.165, 1.54) is 11.8 Å². The maximum absolute atomic E-state index is 11.1. The van der Waals surface area contributed by atoms with Crippen LogP contribution in [0.25, 0.3) is 0 Å². The van der Waals surface area contributed by atoms with E-state index in [1.807, 2.05) is 13.8 Å². The van der Waals surface area contributed by atoms with Gasteiger partial charge in [-0.3, -0.25) is 4.79 Å². The molecule has 3 nitrogen and oxygen atoms in total. The average Bonchev–Trinajstić information content (AvgIpc) is 2.04. The third kappa shape index (κ3) is 2.61. The van der Waals surface area contributed by atoms with Gasteiger partial charge in [-0.2, -0.15) is 0 Å². The first-order valence-corrected chi connectivity index (χ1v) is 5.44. The Hall–Kier alpha value is -0.220. The highest BCUT2D eigenvalue weighted by Crippen LogP contribution is 2.36. The molecule has 1 saturated heterocycles. The Morgan fingerprint density at radius 1 is 1.62 bits per heavy atom. The molecule has 0 bridgehead atoms. The number of carbonyl (C=O) groups is 1. The third-order valence-corrected chi connectivity index (χ3v) is 3.47. The molecule has 1 N–H and O–H groups in total. The van der Waals surface area contributed by atoms with Crippen molar-refractivity contribution < 1.29 is 14.6 Å². The first-order valence-electron chi connectivity index (χ1n) is 4.56. The lowest BCUT2D eigenvalue weighted by molar-refractivity contribution is -0.143. The molecule has 1 aliphatic heterocycles. The summed E-state index contributed by atoms with van der Waals surface area (Å²) < 4.78 is 4.56. The summed E-state index contributed by atoms with van der Waals surface area (Å²) in [6, 6.07) is 0. The van der Waals surface area contributed by atoms with Gasteiger partial charge in [0, 0.05) is 11.9 Å². The van der Waals surface area contributed by atoms with Crippen LogP contribution in [0.2, 0.25) is 0 Å². The first-order chi connectivity index (χ1) is 6.07. The standard InChI is InChI=1S/C9H16O3S/c1-7(2)13-9(8(10)11)4-3-5-12-6-9/h7H,3-6H2,1-2H3,(H,10,11). The fourth-order valence-electron chi connectivity index (χ4n) is 1.53. The highest BCUT2D eigenvalue weighted by Gasteiger charge is 2.41. The fourth-order valence-corrected chi connectivity index (χ4v) is 2.95. The molecule has 0 amide bonds. The van der Waals surface area contributed by atoms with Gasteiger partial charge in [0.25, 0.3) is 0 Å². The predicted octanol–water partition coefficient (Wildman–Crippen LogP) is 1.76. The topological polar surface area (TPSA) is 46.5 Å². The minimum Gasteiger partial charge on any atom is -0.480 e. The average molecular weight is 204 g/mol. The molecule has 76 valence electrons. The SMILES string of the molecule is CC(C)SC1(C(=O)O)CCCOC1. The largest absolute Gasteiger partial charge is 0.480 e. The molecular weight excluding hydrogens is 188 g/mol. The van der Waals surface area contributed by atoms with Crippen LogP contribution >= 0.6 is 11.8 Å². The first kappa shape index (κ1) is 10.9. The molecule has 0 saturated carbocycles. The second-order valence-electron chi connectivity index (χ2n) is 3.62. The second-order valence-corrected chi connectivity index (χ2v) is 5.58. The number of hydrogen-bond donors (Lipinski definition) is 1. The van der Waals surface area contributed by atoms with Crippen LogP contribution in [0.3, 0.4) is 0 Å². The van der Waals surface area contributed by atoms with Crippen molar-refractivity contribution in [2.45, 2.75) is 36.7 Å². The van der Waals surface area contributed by atoms with Gasteiger partial charge < -0.3 is 9.84 Å². The smallest absolute Gasteiger partial charge is 0.322 e. The van der Waals surface area contributed by atoms with Crippen molar-refractivity contribution in [3.8, 4) is 0 Å². The van der Waals surface area contributed by atoms with Gasteiger partial charge in [0.15, 0.2) is 0 Å². The minimum absolute atomic E-state index is 0.331. The highest BCUT2D eigenvalue weighted by atomic mass is 32.2. The molecule has 1 heterocycles. The maximum atomic E-state index is 11.1. The summed E-state index contributed by atoms with van der Waals surface area (Å²) in [5.41, 5.74) is 0. The van der Waals surface area contributed by atoms with Gasteiger partial charge in [0.05, 0.1) is 6.61 Å². The molecule has 0 aliphatic carbocycles. The van der Waals surface area contributed by atoms with Crippen LogP contribution in [0.15, 0.2) is 0 Å². The molecule has 0 aromatic carbocycles. The zero-order valence-electron chi connectivity index (χ0n) is 8.08. The van der Waals surface area contributed by atoms with Gasteiger partial charge in [0.1, 0.15) is 4.75 Å². The van der Waals surface area contributed by atoms with Crippen LogP contribution < -0.4 is 0 Å². The summed E-state index contributed by atoms with van der Waals surface area (Å²) in [6.45, 7) is 5.09. The van der Waals surface area contributed by atoms with Crippen molar-refractivity contribution in [2.24, 2.45) is 0 Å². The van der Waals surface area contributed by atoms with Crippen molar-refractivity contribution in [3.05, 3.63) is 0 Å². The lowest BCUT2D eigenvalue weighted by atomic mass is 10.0. The summed E-state index contributed by atoms with van der Waals surface area (Å²) in [5, 5.41) is 9.47. The monoisotopic (exact) mass is 204 g/mol. The summed E-state index contributed by atoms with van der Waals surface area (Å²) in [7, 11) is 0. The lowest BCUT2D eigenvalue weighted by Crippen LogP contribution is -2.44. The molecule has 0 aromatic heterocycles. The van der Waals surface area contributed by atoms with Gasteiger partial charge >= 0.3 is 5.97 Å². The normalized spacial score (nSPS) is 29.2. The van der Waals surface area contributed by atoms with E-state index in [9.17, 15) is 4.79 Å². The Kier molecular flexibility index (Phi) is 3.62. The van der Waals surface area contributed by atoms with Crippen LogP contribution in [-0.4, -0.2) is 34.3 Å². The molecule has 1 aliphatic rings. The Balaban J connectivity index is 2.67. The van der Waals surface area contributed by atoms with Crippen molar-refractivity contribution in [3.63, 3.8) is 0 Å². The second kappa shape index (κ2) is 4.33. The Morgan fingerprint density at radius 3 is 2.69 bits per heavy atom. The minimum atomic E-state index is -0.731. The van der Waals surface area contributed by atoms with Gasteiger partial charge in [0.2, 0.25) is 0 Å².